The van der Waals surface area contributed by atoms with E-state index >= 15 is 0 Å². The Hall–Kier alpha value is -0.240. The summed E-state index contributed by atoms with van der Waals surface area (Å²) in [7, 11) is 1.92. The fourth-order valence-electron chi connectivity index (χ4n) is 2.21. The van der Waals surface area contributed by atoms with Gasteiger partial charge in [0.15, 0.2) is 0 Å². The number of carbonyl (C=O) groups excluding carboxylic acids is 1. The van der Waals surface area contributed by atoms with Gasteiger partial charge in [0, 0.05) is 25.4 Å². The van der Waals surface area contributed by atoms with Crippen LogP contribution >= 0.6 is 11.6 Å². The molecule has 15 heavy (non-hydrogen) atoms. The molecule has 1 saturated carbocycles. The first-order chi connectivity index (χ1) is 7.25. The van der Waals surface area contributed by atoms with Gasteiger partial charge in [-0.3, -0.25) is 4.79 Å². The lowest BCUT2D eigenvalue weighted by atomic mass is 9.88. The zero-order valence-electron chi connectivity index (χ0n) is 9.67. The summed E-state index contributed by atoms with van der Waals surface area (Å²) in [5.74, 6) is 1.36. The Morgan fingerprint density at radius 3 is 2.53 bits per heavy atom. The summed E-state index contributed by atoms with van der Waals surface area (Å²) in [4.78, 5) is 13.9. The van der Waals surface area contributed by atoms with Crippen LogP contribution in [0.2, 0.25) is 0 Å². The second kappa shape index (κ2) is 7.10. The molecule has 0 aromatic carbocycles. The van der Waals surface area contributed by atoms with Crippen LogP contribution in [0.15, 0.2) is 0 Å². The number of alkyl halides is 1. The molecule has 0 heterocycles. The molecule has 2 nitrogen and oxygen atoms in total. The average Bonchev–Trinajstić information content (AvgIpc) is 2.29. The molecule has 0 spiro atoms. The van der Waals surface area contributed by atoms with E-state index in [1.54, 1.807) is 0 Å². The van der Waals surface area contributed by atoms with Crippen molar-refractivity contribution < 1.29 is 4.79 Å². The molecule has 0 unspecified atom stereocenters. The molecule has 0 radical (unpaired) electrons. The number of unbranched alkanes of at least 4 members (excludes halogenated alkanes) is 1. The van der Waals surface area contributed by atoms with Crippen LogP contribution in [0, 0.1) is 5.92 Å². The van der Waals surface area contributed by atoms with Gasteiger partial charge in [0.25, 0.3) is 0 Å². The normalized spacial score (nSPS) is 17.7. The zero-order valence-corrected chi connectivity index (χ0v) is 10.4. The van der Waals surface area contributed by atoms with E-state index in [9.17, 15) is 4.79 Å². The number of carbonyl (C=O) groups is 1. The molecular weight excluding hydrogens is 210 g/mol. The number of hydrogen-bond donors (Lipinski definition) is 0. The van der Waals surface area contributed by atoms with E-state index in [4.69, 9.17) is 11.6 Å². The van der Waals surface area contributed by atoms with Crippen LogP contribution < -0.4 is 0 Å². The molecule has 88 valence electrons. The molecule has 1 aliphatic rings. The summed E-state index contributed by atoms with van der Waals surface area (Å²) in [6.45, 7) is 0.863. The van der Waals surface area contributed by atoms with Crippen LogP contribution in [0.5, 0.6) is 0 Å². The van der Waals surface area contributed by atoms with Crippen molar-refractivity contribution in [2.45, 2.75) is 44.9 Å². The molecule has 1 amide bonds. The van der Waals surface area contributed by atoms with Crippen molar-refractivity contribution in [1.82, 2.24) is 4.90 Å². The van der Waals surface area contributed by atoms with Crippen molar-refractivity contribution in [3.63, 3.8) is 0 Å². The molecular formula is C12H22ClNO. The summed E-state index contributed by atoms with van der Waals surface area (Å²) in [6.07, 6.45) is 7.98. The smallest absolute Gasteiger partial charge is 0.225 e. The Labute approximate surface area is 98.0 Å². The summed E-state index contributed by atoms with van der Waals surface area (Å²) >= 11 is 5.61. The fourth-order valence-corrected chi connectivity index (χ4v) is 2.40. The largest absolute Gasteiger partial charge is 0.346 e. The fraction of sp³-hybridized carbons (Fsp3) is 0.917. The van der Waals surface area contributed by atoms with E-state index in [-0.39, 0.29) is 0 Å². The van der Waals surface area contributed by atoms with Crippen LogP contribution in [-0.2, 0) is 4.79 Å². The Kier molecular flexibility index (Phi) is 6.07. The SMILES string of the molecule is CN(CCCCCl)C(=O)C1CCCCC1. The van der Waals surface area contributed by atoms with E-state index in [1.165, 1.54) is 19.3 Å². The highest BCUT2D eigenvalue weighted by molar-refractivity contribution is 6.17. The van der Waals surface area contributed by atoms with E-state index in [0.717, 1.165) is 32.2 Å². The first-order valence-electron chi connectivity index (χ1n) is 6.06. The number of hydrogen-bond acceptors (Lipinski definition) is 1. The van der Waals surface area contributed by atoms with Crippen molar-refractivity contribution in [3.8, 4) is 0 Å². The molecule has 0 aliphatic heterocycles. The van der Waals surface area contributed by atoms with Gasteiger partial charge in [0.2, 0.25) is 5.91 Å². The highest BCUT2D eigenvalue weighted by atomic mass is 35.5. The van der Waals surface area contributed by atoms with Gasteiger partial charge < -0.3 is 4.90 Å². The van der Waals surface area contributed by atoms with Gasteiger partial charge in [0.05, 0.1) is 0 Å². The standard InChI is InChI=1S/C12H22ClNO/c1-14(10-6-5-9-13)12(15)11-7-3-2-4-8-11/h11H,2-10H2,1H3. The zero-order chi connectivity index (χ0) is 11.1. The molecule has 0 bridgehead atoms. The first kappa shape index (κ1) is 12.8. The minimum Gasteiger partial charge on any atom is -0.346 e. The lowest BCUT2D eigenvalue weighted by molar-refractivity contribution is -0.135. The third-order valence-electron chi connectivity index (χ3n) is 3.21. The maximum Gasteiger partial charge on any atom is 0.225 e. The molecule has 1 aliphatic carbocycles. The first-order valence-corrected chi connectivity index (χ1v) is 6.60. The van der Waals surface area contributed by atoms with Crippen molar-refractivity contribution in [2.24, 2.45) is 5.92 Å². The van der Waals surface area contributed by atoms with E-state index in [2.05, 4.69) is 0 Å². The van der Waals surface area contributed by atoms with Gasteiger partial charge in [-0.15, -0.1) is 11.6 Å². The predicted molar refractivity (Wildman–Crippen MR) is 64.2 cm³/mol. The average molecular weight is 232 g/mol. The molecule has 0 saturated heterocycles. The number of nitrogens with zero attached hydrogens (tertiary/aromatic N) is 1. The Morgan fingerprint density at radius 2 is 1.93 bits per heavy atom. The van der Waals surface area contributed by atoms with Crippen molar-refractivity contribution in [2.75, 3.05) is 19.5 Å². The van der Waals surface area contributed by atoms with Crippen molar-refractivity contribution in [3.05, 3.63) is 0 Å². The predicted octanol–water partition coefficient (Wildman–Crippen LogP) is 3.04. The van der Waals surface area contributed by atoms with E-state index in [1.807, 2.05) is 11.9 Å². The summed E-state index contributed by atoms with van der Waals surface area (Å²) in [6, 6.07) is 0. The van der Waals surface area contributed by atoms with Crippen LogP contribution in [0.3, 0.4) is 0 Å². The van der Waals surface area contributed by atoms with Crippen LogP contribution in [0.25, 0.3) is 0 Å². The third-order valence-corrected chi connectivity index (χ3v) is 3.48. The van der Waals surface area contributed by atoms with Crippen LogP contribution in [-0.4, -0.2) is 30.3 Å². The molecule has 1 rings (SSSR count). The van der Waals surface area contributed by atoms with Crippen molar-refractivity contribution >= 4 is 17.5 Å². The molecule has 3 heteroatoms. The monoisotopic (exact) mass is 231 g/mol. The quantitative estimate of drug-likeness (QED) is 0.526. The molecule has 0 aromatic rings. The van der Waals surface area contributed by atoms with E-state index < -0.39 is 0 Å². The Bertz CT molecular complexity index is 190. The molecule has 0 N–H and O–H groups in total. The van der Waals surface area contributed by atoms with Gasteiger partial charge in [-0.25, -0.2) is 0 Å². The number of halogens is 1. The number of rotatable bonds is 5. The summed E-state index contributed by atoms with van der Waals surface area (Å²) < 4.78 is 0. The Morgan fingerprint density at radius 1 is 1.27 bits per heavy atom. The van der Waals surface area contributed by atoms with E-state index in [0.29, 0.717) is 17.7 Å². The summed E-state index contributed by atoms with van der Waals surface area (Å²) in [5, 5.41) is 0. The minimum absolute atomic E-state index is 0.305. The lowest BCUT2D eigenvalue weighted by Crippen LogP contribution is -2.34. The van der Waals surface area contributed by atoms with Gasteiger partial charge in [-0.2, -0.15) is 0 Å². The van der Waals surface area contributed by atoms with Gasteiger partial charge >= 0.3 is 0 Å². The maximum atomic E-state index is 12.0. The third kappa shape index (κ3) is 4.42. The maximum absolute atomic E-state index is 12.0. The molecule has 1 fully saturated rings. The second-order valence-electron chi connectivity index (χ2n) is 4.49. The lowest BCUT2D eigenvalue weighted by Gasteiger charge is -2.26. The van der Waals surface area contributed by atoms with Crippen LogP contribution in [0.4, 0.5) is 0 Å². The molecule has 0 atom stereocenters. The summed E-state index contributed by atoms with van der Waals surface area (Å²) in [5.41, 5.74) is 0. The topological polar surface area (TPSA) is 20.3 Å². The molecule has 0 aromatic heterocycles. The number of amides is 1. The second-order valence-corrected chi connectivity index (χ2v) is 4.87. The van der Waals surface area contributed by atoms with Gasteiger partial charge in [-0.05, 0) is 25.7 Å². The van der Waals surface area contributed by atoms with Crippen molar-refractivity contribution in [1.29, 1.82) is 0 Å². The van der Waals surface area contributed by atoms with Gasteiger partial charge in [0.1, 0.15) is 0 Å². The Balaban J connectivity index is 2.24. The van der Waals surface area contributed by atoms with Crippen LogP contribution in [0.1, 0.15) is 44.9 Å². The highest BCUT2D eigenvalue weighted by Crippen LogP contribution is 2.25. The van der Waals surface area contributed by atoms with Gasteiger partial charge in [-0.1, -0.05) is 19.3 Å². The highest BCUT2D eigenvalue weighted by Gasteiger charge is 2.23. The minimum atomic E-state index is 0.305.